The topological polar surface area (TPSA) is 102 Å². The summed E-state index contributed by atoms with van der Waals surface area (Å²) in [6.45, 7) is 11.3. The van der Waals surface area contributed by atoms with Crippen LogP contribution in [0.2, 0.25) is 5.02 Å². The number of rotatable bonds is 9. The molecule has 40 heavy (non-hydrogen) atoms. The molecule has 2 saturated heterocycles. The monoisotopic (exact) mass is 574 g/mol. The van der Waals surface area contributed by atoms with E-state index in [2.05, 4.69) is 29.2 Å². The summed E-state index contributed by atoms with van der Waals surface area (Å²) in [6.07, 6.45) is 5.48. The quantitative estimate of drug-likeness (QED) is 0.470. The molecule has 1 saturated carbocycles. The van der Waals surface area contributed by atoms with Gasteiger partial charge in [0.2, 0.25) is 17.7 Å². The lowest BCUT2D eigenvalue weighted by Gasteiger charge is -2.47. The van der Waals surface area contributed by atoms with Gasteiger partial charge in [-0.1, -0.05) is 50.4 Å². The fraction of sp³-hybridized carbons (Fsp3) is 0.700. The zero-order valence-corrected chi connectivity index (χ0v) is 25.2. The fourth-order valence-corrected chi connectivity index (χ4v) is 6.46. The van der Waals surface area contributed by atoms with Gasteiger partial charge in [-0.05, 0) is 49.3 Å². The largest absolute Gasteiger partial charge is 0.343 e. The number of carbonyl (C=O) groups is 3. The molecule has 0 aromatic heterocycles. The summed E-state index contributed by atoms with van der Waals surface area (Å²) in [5.41, 5.74) is 6.49. The predicted molar refractivity (Wildman–Crippen MR) is 157 cm³/mol. The van der Waals surface area contributed by atoms with Gasteiger partial charge in [-0.25, -0.2) is 10.0 Å². The Morgan fingerprint density at radius 2 is 1.60 bits per heavy atom. The predicted octanol–water partition coefficient (Wildman–Crippen LogP) is 2.67. The van der Waals surface area contributed by atoms with Crippen molar-refractivity contribution in [2.24, 2.45) is 11.7 Å². The fourth-order valence-electron chi connectivity index (χ4n) is 6.33. The number of carbonyl (C=O) groups excluding carboxylic acids is 3. The molecular formula is C30H47ClN6O3. The van der Waals surface area contributed by atoms with Gasteiger partial charge >= 0.3 is 0 Å². The van der Waals surface area contributed by atoms with Crippen LogP contribution < -0.4 is 11.1 Å². The minimum atomic E-state index is -0.896. The number of nitrogens with two attached hydrogens (primary N) is 1. The lowest BCUT2D eigenvalue weighted by molar-refractivity contribution is -0.146. The first-order chi connectivity index (χ1) is 19.1. The van der Waals surface area contributed by atoms with E-state index in [1.54, 1.807) is 6.92 Å². The molecule has 10 heteroatoms. The SMILES string of the molecule is CC(=O)N1CCC(N(CC(C)C)N2CCN(C(=O)C(Cc3ccc(Cl)cc3)NC(=O)C3(N)CCCC3)CC2)CC1. The maximum absolute atomic E-state index is 13.9. The van der Waals surface area contributed by atoms with Crippen LogP contribution in [0.25, 0.3) is 0 Å². The van der Waals surface area contributed by atoms with Gasteiger partial charge in [-0.3, -0.25) is 14.4 Å². The molecule has 2 heterocycles. The van der Waals surface area contributed by atoms with Crippen LogP contribution >= 0.6 is 11.6 Å². The van der Waals surface area contributed by atoms with Crippen molar-refractivity contribution >= 4 is 29.3 Å². The number of hydrazine groups is 1. The third kappa shape index (κ3) is 7.75. The van der Waals surface area contributed by atoms with E-state index in [4.69, 9.17) is 17.3 Å². The molecule has 3 fully saturated rings. The maximum atomic E-state index is 13.9. The first-order valence-corrected chi connectivity index (χ1v) is 15.3. The summed E-state index contributed by atoms with van der Waals surface area (Å²) < 4.78 is 0. The van der Waals surface area contributed by atoms with E-state index in [-0.39, 0.29) is 17.7 Å². The Morgan fingerprint density at radius 1 is 1.00 bits per heavy atom. The van der Waals surface area contributed by atoms with Crippen molar-refractivity contribution in [3.8, 4) is 0 Å². The summed E-state index contributed by atoms with van der Waals surface area (Å²) in [5.74, 6) is 0.365. The van der Waals surface area contributed by atoms with Gasteiger partial charge in [0.25, 0.3) is 0 Å². The molecule has 1 aromatic rings. The summed E-state index contributed by atoms with van der Waals surface area (Å²) in [6, 6.07) is 7.15. The molecule has 4 rings (SSSR count). The molecule has 9 nitrogen and oxygen atoms in total. The number of piperazine rings is 1. The molecule has 1 aliphatic carbocycles. The molecule has 0 radical (unpaired) electrons. The molecule has 3 amide bonds. The highest BCUT2D eigenvalue weighted by Gasteiger charge is 2.40. The smallest absolute Gasteiger partial charge is 0.245 e. The van der Waals surface area contributed by atoms with Crippen LogP contribution in [-0.2, 0) is 20.8 Å². The average Bonchev–Trinajstić information content (AvgIpc) is 3.40. The molecule has 0 bridgehead atoms. The van der Waals surface area contributed by atoms with Crippen molar-refractivity contribution in [3.05, 3.63) is 34.9 Å². The minimum absolute atomic E-state index is 0.0604. The number of nitrogens with one attached hydrogen (secondary N) is 1. The number of amides is 3. The third-order valence-corrected chi connectivity index (χ3v) is 8.97. The summed E-state index contributed by atoms with van der Waals surface area (Å²) >= 11 is 6.08. The van der Waals surface area contributed by atoms with E-state index in [1.807, 2.05) is 34.1 Å². The highest BCUT2D eigenvalue weighted by Crippen LogP contribution is 2.28. The van der Waals surface area contributed by atoms with E-state index in [0.717, 1.165) is 64.0 Å². The van der Waals surface area contributed by atoms with Gasteiger partial charge in [0.05, 0.1) is 5.54 Å². The van der Waals surface area contributed by atoms with Gasteiger partial charge in [0.1, 0.15) is 6.04 Å². The molecule has 2 aliphatic heterocycles. The lowest BCUT2D eigenvalue weighted by Crippen LogP contribution is -2.63. The molecule has 3 N–H and O–H groups in total. The number of benzene rings is 1. The van der Waals surface area contributed by atoms with Crippen LogP contribution in [0.1, 0.15) is 64.9 Å². The Morgan fingerprint density at radius 3 is 2.15 bits per heavy atom. The first kappa shape index (κ1) is 30.8. The highest BCUT2D eigenvalue weighted by atomic mass is 35.5. The maximum Gasteiger partial charge on any atom is 0.245 e. The normalized spacial score (nSPS) is 21.2. The second-order valence-corrected chi connectivity index (χ2v) is 12.7. The molecule has 1 atom stereocenters. The van der Waals surface area contributed by atoms with Crippen LogP contribution in [0.15, 0.2) is 24.3 Å². The molecule has 1 unspecified atom stereocenters. The van der Waals surface area contributed by atoms with Crippen LogP contribution in [0.3, 0.4) is 0 Å². The standard InChI is InChI=1S/C30H47ClN6O3/c1-22(2)21-37(26-10-14-34(15-11-26)23(3)38)36-18-16-35(17-19-36)28(39)27(20-24-6-8-25(31)9-7-24)33-29(40)30(32)12-4-5-13-30/h6-9,22,26-27H,4-5,10-21,32H2,1-3H3,(H,33,40). The van der Waals surface area contributed by atoms with Crippen molar-refractivity contribution in [1.82, 2.24) is 25.1 Å². The summed E-state index contributed by atoms with van der Waals surface area (Å²) in [5, 5.41) is 8.57. The van der Waals surface area contributed by atoms with Gasteiger partial charge < -0.3 is 20.9 Å². The number of hydrogen-bond donors (Lipinski definition) is 2. The lowest BCUT2D eigenvalue weighted by atomic mass is 9.96. The van der Waals surface area contributed by atoms with Gasteiger partial charge in [-0.15, -0.1) is 0 Å². The second-order valence-electron chi connectivity index (χ2n) is 12.3. The van der Waals surface area contributed by atoms with Crippen LogP contribution in [0, 0.1) is 5.92 Å². The number of halogens is 1. The van der Waals surface area contributed by atoms with E-state index in [9.17, 15) is 14.4 Å². The Labute approximate surface area is 244 Å². The van der Waals surface area contributed by atoms with Crippen LogP contribution in [-0.4, -0.2) is 101 Å². The second kappa shape index (κ2) is 13.6. The van der Waals surface area contributed by atoms with Crippen molar-refractivity contribution in [1.29, 1.82) is 0 Å². The Balaban J connectivity index is 1.41. The van der Waals surface area contributed by atoms with E-state index < -0.39 is 11.6 Å². The van der Waals surface area contributed by atoms with Gasteiger partial charge in [0.15, 0.2) is 0 Å². The summed E-state index contributed by atoms with van der Waals surface area (Å²) in [7, 11) is 0. The Bertz CT molecular complexity index is 1010. The van der Waals surface area contributed by atoms with E-state index in [1.165, 1.54) is 0 Å². The molecule has 0 spiro atoms. The molecule has 3 aliphatic rings. The molecule has 222 valence electrons. The Kier molecular flexibility index (Phi) is 10.5. The van der Waals surface area contributed by atoms with Crippen LogP contribution in [0.4, 0.5) is 0 Å². The van der Waals surface area contributed by atoms with Crippen LogP contribution in [0.5, 0.6) is 0 Å². The average molecular weight is 575 g/mol. The number of hydrogen-bond acceptors (Lipinski definition) is 6. The zero-order chi connectivity index (χ0) is 28.9. The first-order valence-electron chi connectivity index (χ1n) is 15.0. The van der Waals surface area contributed by atoms with Crippen molar-refractivity contribution < 1.29 is 14.4 Å². The van der Waals surface area contributed by atoms with Crippen molar-refractivity contribution in [3.63, 3.8) is 0 Å². The molecule has 1 aromatic carbocycles. The number of likely N-dealkylation sites (tertiary alicyclic amines) is 1. The van der Waals surface area contributed by atoms with E-state index >= 15 is 0 Å². The van der Waals surface area contributed by atoms with Crippen molar-refractivity contribution in [2.75, 3.05) is 45.8 Å². The number of nitrogens with zero attached hydrogens (tertiary/aromatic N) is 4. The van der Waals surface area contributed by atoms with Gasteiger partial charge in [-0.2, -0.15) is 0 Å². The number of piperidine rings is 1. The minimum Gasteiger partial charge on any atom is -0.343 e. The molecular weight excluding hydrogens is 528 g/mol. The highest BCUT2D eigenvalue weighted by molar-refractivity contribution is 6.30. The summed E-state index contributed by atoms with van der Waals surface area (Å²) in [4.78, 5) is 42.7. The van der Waals surface area contributed by atoms with Crippen molar-refractivity contribution in [2.45, 2.75) is 83.3 Å². The van der Waals surface area contributed by atoms with Gasteiger partial charge in [0, 0.05) is 70.2 Å². The zero-order valence-electron chi connectivity index (χ0n) is 24.4. The Hall–Kier alpha value is -2.20. The van der Waals surface area contributed by atoms with E-state index in [0.29, 0.717) is 49.3 Å². The third-order valence-electron chi connectivity index (χ3n) is 8.72.